The number of benzene rings is 2. The number of hydrogen-bond acceptors (Lipinski definition) is 5. The molecule has 0 aromatic heterocycles. The summed E-state index contributed by atoms with van der Waals surface area (Å²) in [5, 5.41) is 3.73. The smallest absolute Gasteiger partial charge is 0.332 e. The van der Waals surface area contributed by atoms with Crippen LogP contribution in [0.25, 0.3) is 0 Å². The molecular weight excluding hydrogens is 517 g/mol. The molecule has 2 rings (SSSR count). The maximum atomic E-state index is 10.6. The summed E-state index contributed by atoms with van der Waals surface area (Å²) in [5.74, 6) is 1.94. The van der Waals surface area contributed by atoms with E-state index in [0.717, 1.165) is 19.4 Å². The molecule has 9 heteroatoms. The molecule has 2 aromatic rings. The zero-order valence-corrected chi connectivity index (χ0v) is 17.6. The van der Waals surface area contributed by atoms with E-state index in [2.05, 4.69) is 49.0 Å². The predicted molar refractivity (Wildman–Crippen MR) is 111 cm³/mol. The number of nitrogens with zero attached hydrogens (tertiary/aromatic N) is 1. The lowest BCUT2D eigenvalue weighted by atomic mass is 10.2. The summed E-state index contributed by atoms with van der Waals surface area (Å²) in [6.07, 6.45) is 1.47. The molecule has 0 spiro atoms. The van der Waals surface area contributed by atoms with Crippen LogP contribution in [0.2, 0.25) is 0 Å². The standard InChI is InChI=1S/C17H17BrIN3O4/c1-24-15-9-11(10-21-22-17(20)23)8-14(19)16(15)26-7-6-25-13-4-2-12(18)3-5-13/h2-5,8-10H,6-7H2,1H3,(H3,20,22,23)/b21-10-. The molecule has 7 nitrogen and oxygen atoms in total. The van der Waals surface area contributed by atoms with Crippen LogP contribution in [0.15, 0.2) is 46.0 Å². The number of methoxy groups -OCH3 is 1. The summed E-state index contributed by atoms with van der Waals surface area (Å²) in [7, 11) is 1.55. The van der Waals surface area contributed by atoms with Gasteiger partial charge in [0, 0.05) is 4.47 Å². The maximum absolute atomic E-state index is 10.6. The van der Waals surface area contributed by atoms with E-state index in [9.17, 15) is 4.79 Å². The second-order valence-electron chi connectivity index (χ2n) is 4.92. The van der Waals surface area contributed by atoms with Crippen LogP contribution in [-0.4, -0.2) is 32.6 Å². The Kier molecular flexibility index (Phi) is 7.98. The molecule has 3 N–H and O–H groups in total. The minimum Gasteiger partial charge on any atom is -0.493 e. The van der Waals surface area contributed by atoms with Crippen LogP contribution in [0.5, 0.6) is 17.2 Å². The van der Waals surface area contributed by atoms with Crippen LogP contribution in [0.4, 0.5) is 4.79 Å². The van der Waals surface area contributed by atoms with Crippen molar-refractivity contribution in [3.8, 4) is 17.2 Å². The topological polar surface area (TPSA) is 95.2 Å². The van der Waals surface area contributed by atoms with Crippen LogP contribution in [0.3, 0.4) is 0 Å². The molecule has 0 saturated heterocycles. The van der Waals surface area contributed by atoms with E-state index in [1.165, 1.54) is 6.21 Å². The molecule has 0 aliphatic carbocycles. The summed E-state index contributed by atoms with van der Waals surface area (Å²) in [4.78, 5) is 10.6. The highest BCUT2D eigenvalue weighted by Gasteiger charge is 2.11. The number of primary amides is 1. The third kappa shape index (κ3) is 6.37. The van der Waals surface area contributed by atoms with E-state index in [1.54, 1.807) is 13.2 Å². The lowest BCUT2D eigenvalue weighted by Gasteiger charge is -2.14. The molecule has 0 saturated carbocycles. The fraction of sp³-hybridized carbons (Fsp3) is 0.176. The van der Waals surface area contributed by atoms with Crippen LogP contribution in [-0.2, 0) is 0 Å². The third-order valence-electron chi connectivity index (χ3n) is 3.05. The Morgan fingerprint density at radius 2 is 1.96 bits per heavy atom. The Morgan fingerprint density at radius 3 is 2.62 bits per heavy atom. The molecule has 0 aliphatic rings. The summed E-state index contributed by atoms with van der Waals surface area (Å²) in [5.41, 5.74) is 7.84. The van der Waals surface area contributed by atoms with Gasteiger partial charge in [-0.1, -0.05) is 15.9 Å². The predicted octanol–water partition coefficient (Wildman–Crippen LogP) is 3.52. The molecule has 2 amide bonds. The van der Waals surface area contributed by atoms with E-state index >= 15 is 0 Å². The van der Waals surface area contributed by atoms with Crippen LogP contribution < -0.4 is 25.4 Å². The maximum Gasteiger partial charge on any atom is 0.332 e. The minimum atomic E-state index is -0.728. The van der Waals surface area contributed by atoms with Crippen molar-refractivity contribution in [3.63, 3.8) is 0 Å². The van der Waals surface area contributed by atoms with Crippen molar-refractivity contribution in [1.82, 2.24) is 5.43 Å². The number of urea groups is 1. The molecule has 2 aromatic carbocycles. The molecule has 0 radical (unpaired) electrons. The van der Waals surface area contributed by atoms with Gasteiger partial charge in [0.15, 0.2) is 11.5 Å². The summed E-state index contributed by atoms with van der Waals surface area (Å²) in [6.45, 7) is 0.756. The molecule has 0 aliphatic heterocycles. The van der Waals surface area contributed by atoms with Gasteiger partial charge >= 0.3 is 6.03 Å². The summed E-state index contributed by atoms with van der Waals surface area (Å²) >= 11 is 5.52. The van der Waals surface area contributed by atoms with Gasteiger partial charge in [-0.2, -0.15) is 5.10 Å². The monoisotopic (exact) mass is 533 g/mol. The number of amides is 2. The Labute approximate surface area is 173 Å². The molecular formula is C17H17BrIN3O4. The van der Waals surface area contributed by atoms with Gasteiger partial charge in [0.2, 0.25) is 0 Å². The highest BCUT2D eigenvalue weighted by Crippen LogP contribution is 2.33. The number of hydrazone groups is 1. The Bertz CT molecular complexity index is 784. The molecule has 0 heterocycles. The first kappa shape index (κ1) is 20.3. The van der Waals surface area contributed by atoms with Crippen LogP contribution >= 0.6 is 38.5 Å². The van der Waals surface area contributed by atoms with Crippen molar-refractivity contribution in [2.75, 3.05) is 20.3 Å². The van der Waals surface area contributed by atoms with Crippen molar-refractivity contribution < 1.29 is 19.0 Å². The van der Waals surface area contributed by atoms with Crippen molar-refractivity contribution in [2.24, 2.45) is 10.8 Å². The van der Waals surface area contributed by atoms with Gasteiger partial charge in [-0.05, 0) is 64.6 Å². The number of carbonyl (C=O) groups is 1. The molecule has 0 fully saturated rings. The second kappa shape index (κ2) is 10.2. The van der Waals surface area contributed by atoms with E-state index in [4.69, 9.17) is 19.9 Å². The van der Waals surface area contributed by atoms with Gasteiger partial charge in [-0.15, -0.1) is 0 Å². The van der Waals surface area contributed by atoms with Crippen molar-refractivity contribution in [1.29, 1.82) is 0 Å². The average molecular weight is 534 g/mol. The molecule has 0 bridgehead atoms. The number of nitrogens with two attached hydrogens (primary N) is 1. The summed E-state index contributed by atoms with van der Waals surface area (Å²) in [6, 6.07) is 10.4. The third-order valence-corrected chi connectivity index (χ3v) is 4.38. The molecule has 0 atom stereocenters. The normalized spacial score (nSPS) is 10.6. The van der Waals surface area contributed by atoms with Gasteiger partial charge in [0.25, 0.3) is 0 Å². The number of nitrogens with one attached hydrogen (secondary N) is 1. The number of halogens is 2. The van der Waals surface area contributed by atoms with E-state index in [-0.39, 0.29) is 0 Å². The Morgan fingerprint density at radius 1 is 1.27 bits per heavy atom. The number of ether oxygens (including phenoxy) is 3. The van der Waals surface area contributed by atoms with E-state index in [1.807, 2.05) is 30.3 Å². The number of carbonyl (C=O) groups excluding carboxylic acids is 1. The molecule has 0 unspecified atom stereocenters. The highest BCUT2D eigenvalue weighted by atomic mass is 127. The zero-order chi connectivity index (χ0) is 18.9. The van der Waals surface area contributed by atoms with Crippen molar-refractivity contribution in [2.45, 2.75) is 0 Å². The van der Waals surface area contributed by atoms with Gasteiger partial charge in [0.1, 0.15) is 19.0 Å². The molecule has 26 heavy (non-hydrogen) atoms. The van der Waals surface area contributed by atoms with Gasteiger partial charge in [-0.3, -0.25) is 0 Å². The largest absolute Gasteiger partial charge is 0.493 e. The fourth-order valence-corrected chi connectivity index (χ4v) is 3.00. The zero-order valence-electron chi connectivity index (χ0n) is 13.9. The molecule has 138 valence electrons. The van der Waals surface area contributed by atoms with Crippen molar-refractivity contribution in [3.05, 3.63) is 50.0 Å². The summed E-state index contributed by atoms with van der Waals surface area (Å²) < 4.78 is 18.6. The first-order chi connectivity index (χ1) is 12.5. The lowest BCUT2D eigenvalue weighted by molar-refractivity contribution is 0.210. The minimum absolute atomic E-state index is 0.360. The lowest BCUT2D eigenvalue weighted by Crippen LogP contribution is -2.24. The van der Waals surface area contributed by atoms with Crippen LogP contribution in [0, 0.1) is 3.57 Å². The quantitative estimate of drug-likeness (QED) is 0.235. The SMILES string of the molecule is COc1cc(/C=N\NC(N)=O)cc(I)c1OCCOc1ccc(Br)cc1. The number of rotatable bonds is 8. The van der Waals surface area contributed by atoms with Gasteiger partial charge in [-0.25, -0.2) is 10.2 Å². The van der Waals surface area contributed by atoms with Gasteiger partial charge < -0.3 is 19.9 Å². The Hall–Kier alpha value is -2.01. The van der Waals surface area contributed by atoms with Crippen molar-refractivity contribution >= 4 is 50.8 Å². The van der Waals surface area contributed by atoms with Crippen LogP contribution in [0.1, 0.15) is 5.56 Å². The second-order valence-corrected chi connectivity index (χ2v) is 7.00. The van der Waals surface area contributed by atoms with E-state index in [0.29, 0.717) is 24.7 Å². The average Bonchev–Trinajstić information content (AvgIpc) is 2.61. The fourth-order valence-electron chi connectivity index (χ4n) is 1.96. The Balaban J connectivity index is 1.96. The first-order valence-electron chi connectivity index (χ1n) is 7.47. The highest BCUT2D eigenvalue weighted by molar-refractivity contribution is 14.1. The number of hydrogen-bond donors (Lipinski definition) is 2. The van der Waals surface area contributed by atoms with Gasteiger partial charge in [0.05, 0.1) is 16.9 Å². The van der Waals surface area contributed by atoms with E-state index < -0.39 is 6.03 Å². The first-order valence-corrected chi connectivity index (χ1v) is 9.34.